The third-order valence-corrected chi connectivity index (χ3v) is 3.83. The smallest absolute Gasteiger partial charge is 0.0441 e. The molecule has 0 bridgehead atoms. The summed E-state index contributed by atoms with van der Waals surface area (Å²) in [4.78, 5) is 0. The van der Waals surface area contributed by atoms with Crippen molar-refractivity contribution in [1.82, 2.24) is 5.32 Å². The fourth-order valence-electron chi connectivity index (χ4n) is 2.40. The van der Waals surface area contributed by atoms with Crippen molar-refractivity contribution in [3.63, 3.8) is 0 Å². The third kappa shape index (κ3) is 1.35. The van der Waals surface area contributed by atoms with Crippen LogP contribution in [0, 0.1) is 0 Å². The summed E-state index contributed by atoms with van der Waals surface area (Å²) in [7, 11) is 0. The van der Waals surface area contributed by atoms with E-state index in [4.69, 9.17) is 11.6 Å². The van der Waals surface area contributed by atoms with Crippen LogP contribution in [0.2, 0.25) is 5.02 Å². The Hall–Kier alpha value is -0.530. The van der Waals surface area contributed by atoms with Gasteiger partial charge in [-0.3, -0.25) is 0 Å². The van der Waals surface area contributed by atoms with Gasteiger partial charge in [0, 0.05) is 10.6 Å². The first-order valence-corrected chi connectivity index (χ1v) is 5.68. The monoisotopic (exact) mass is 207 g/mol. The zero-order valence-corrected chi connectivity index (χ0v) is 8.90. The van der Waals surface area contributed by atoms with Gasteiger partial charge in [0.2, 0.25) is 0 Å². The predicted octanol–water partition coefficient (Wildman–Crippen LogP) is 2.56. The van der Waals surface area contributed by atoms with Crippen molar-refractivity contribution in [1.29, 1.82) is 0 Å². The summed E-state index contributed by atoms with van der Waals surface area (Å²) in [5.41, 5.74) is 3.24. The number of benzene rings is 1. The lowest BCUT2D eigenvalue weighted by Crippen LogP contribution is -2.32. The Balaban J connectivity index is 2.04. The van der Waals surface area contributed by atoms with Crippen LogP contribution in [0.1, 0.15) is 24.0 Å². The highest BCUT2D eigenvalue weighted by molar-refractivity contribution is 6.31. The average Bonchev–Trinajstić information content (AvgIpc) is 2.94. The van der Waals surface area contributed by atoms with Gasteiger partial charge in [-0.05, 0) is 49.4 Å². The molecular formula is C12H14ClN. The Morgan fingerprint density at radius 1 is 1.29 bits per heavy atom. The van der Waals surface area contributed by atoms with Crippen molar-refractivity contribution >= 4 is 11.6 Å². The van der Waals surface area contributed by atoms with Crippen molar-refractivity contribution in [2.24, 2.45) is 0 Å². The summed E-state index contributed by atoms with van der Waals surface area (Å²) in [6.07, 6.45) is 4.88. The van der Waals surface area contributed by atoms with Gasteiger partial charge in [-0.1, -0.05) is 23.7 Å². The van der Waals surface area contributed by atoms with E-state index in [1.165, 1.54) is 24.0 Å². The maximum absolute atomic E-state index is 6.24. The molecule has 0 atom stereocenters. The summed E-state index contributed by atoms with van der Waals surface area (Å²) in [5, 5.41) is 4.60. The quantitative estimate of drug-likeness (QED) is 0.690. The van der Waals surface area contributed by atoms with Gasteiger partial charge in [-0.15, -0.1) is 0 Å². The highest BCUT2D eigenvalue weighted by Gasteiger charge is 2.43. The van der Waals surface area contributed by atoms with E-state index < -0.39 is 0 Å². The molecule has 0 saturated heterocycles. The lowest BCUT2D eigenvalue weighted by atomic mass is 9.99. The molecule has 1 aliphatic heterocycles. The molecule has 1 nitrogen and oxygen atoms in total. The first kappa shape index (κ1) is 8.75. The van der Waals surface area contributed by atoms with Gasteiger partial charge in [0.05, 0.1) is 0 Å². The van der Waals surface area contributed by atoms with Gasteiger partial charge >= 0.3 is 0 Å². The molecule has 1 aliphatic carbocycles. The van der Waals surface area contributed by atoms with Crippen LogP contribution >= 0.6 is 11.6 Å². The van der Waals surface area contributed by atoms with Crippen molar-refractivity contribution in [2.75, 3.05) is 6.54 Å². The van der Waals surface area contributed by atoms with Gasteiger partial charge in [0.25, 0.3) is 0 Å². The molecule has 0 unspecified atom stereocenters. The standard InChI is InChI=1S/C12H14ClN/c13-11-3-1-2-9-4-7-14-12(5-6-12)8-10(9)11/h1-3,14H,4-8H2. The zero-order chi connectivity index (χ0) is 9.60. The van der Waals surface area contributed by atoms with Crippen molar-refractivity contribution in [3.8, 4) is 0 Å². The second kappa shape index (κ2) is 2.98. The Labute approximate surface area is 89.5 Å². The van der Waals surface area contributed by atoms with E-state index in [0.29, 0.717) is 5.54 Å². The maximum Gasteiger partial charge on any atom is 0.0441 e. The minimum absolute atomic E-state index is 0.413. The van der Waals surface area contributed by atoms with E-state index in [2.05, 4.69) is 17.4 Å². The molecule has 0 radical (unpaired) electrons. The molecule has 14 heavy (non-hydrogen) atoms. The first-order valence-electron chi connectivity index (χ1n) is 5.30. The Morgan fingerprint density at radius 3 is 2.93 bits per heavy atom. The highest BCUT2D eigenvalue weighted by Crippen LogP contribution is 2.42. The molecule has 1 aromatic rings. The van der Waals surface area contributed by atoms with Gasteiger partial charge < -0.3 is 5.32 Å². The van der Waals surface area contributed by atoms with Gasteiger partial charge in [0.1, 0.15) is 0 Å². The lowest BCUT2D eigenvalue weighted by molar-refractivity contribution is 0.514. The topological polar surface area (TPSA) is 12.0 Å². The van der Waals surface area contributed by atoms with Gasteiger partial charge in [-0.2, -0.15) is 0 Å². The van der Waals surface area contributed by atoms with E-state index in [9.17, 15) is 0 Å². The van der Waals surface area contributed by atoms with Gasteiger partial charge in [-0.25, -0.2) is 0 Å². The van der Waals surface area contributed by atoms with Crippen molar-refractivity contribution < 1.29 is 0 Å². The lowest BCUT2D eigenvalue weighted by Gasteiger charge is -2.14. The van der Waals surface area contributed by atoms with E-state index in [1.54, 1.807) is 0 Å². The first-order chi connectivity index (χ1) is 6.79. The second-order valence-corrected chi connectivity index (χ2v) is 4.92. The van der Waals surface area contributed by atoms with Crippen molar-refractivity contribution in [3.05, 3.63) is 34.3 Å². The largest absolute Gasteiger partial charge is 0.311 e. The molecule has 2 aliphatic rings. The minimum atomic E-state index is 0.413. The Morgan fingerprint density at radius 2 is 2.14 bits per heavy atom. The molecule has 1 saturated carbocycles. The Bertz CT molecular complexity index is 369. The molecule has 2 heteroatoms. The number of fused-ring (bicyclic) bond motifs is 1. The van der Waals surface area contributed by atoms with Crippen LogP contribution in [0.3, 0.4) is 0 Å². The summed E-state index contributed by atoms with van der Waals surface area (Å²) in [6.45, 7) is 1.10. The van der Waals surface area contributed by atoms with Crippen LogP contribution in [0.5, 0.6) is 0 Å². The van der Waals surface area contributed by atoms with E-state index in [-0.39, 0.29) is 0 Å². The fourth-order valence-corrected chi connectivity index (χ4v) is 2.66. The van der Waals surface area contributed by atoms with Crippen LogP contribution in [0.4, 0.5) is 0 Å². The van der Waals surface area contributed by atoms with Gasteiger partial charge in [0.15, 0.2) is 0 Å². The summed E-state index contributed by atoms with van der Waals surface area (Å²) >= 11 is 6.24. The molecule has 1 N–H and O–H groups in total. The molecule has 0 amide bonds. The minimum Gasteiger partial charge on any atom is -0.311 e. The number of hydrogen-bond donors (Lipinski definition) is 1. The number of rotatable bonds is 0. The summed E-state index contributed by atoms with van der Waals surface area (Å²) in [5.74, 6) is 0. The number of halogens is 1. The molecule has 1 fully saturated rings. The normalized spacial score (nSPS) is 22.9. The predicted molar refractivity (Wildman–Crippen MR) is 58.8 cm³/mol. The van der Waals surface area contributed by atoms with Crippen LogP contribution in [0.15, 0.2) is 18.2 Å². The van der Waals surface area contributed by atoms with Crippen LogP contribution in [-0.4, -0.2) is 12.1 Å². The average molecular weight is 208 g/mol. The van der Waals surface area contributed by atoms with Crippen molar-refractivity contribution in [2.45, 2.75) is 31.2 Å². The fraction of sp³-hybridized carbons (Fsp3) is 0.500. The van der Waals surface area contributed by atoms with Crippen LogP contribution in [-0.2, 0) is 12.8 Å². The highest BCUT2D eigenvalue weighted by atomic mass is 35.5. The molecule has 1 aromatic carbocycles. The SMILES string of the molecule is Clc1cccc2c1CC1(CC1)NCC2. The third-order valence-electron chi connectivity index (χ3n) is 3.48. The Kier molecular flexibility index (Phi) is 1.86. The molecule has 0 aromatic heterocycles. The summed E-state index contributed by atoms with van der Waals surface area (Å²) < 4.78 is 0. The molecule has 1 spiro atoms. The zero-order valence-electron chi connectivity index (χ0n) is 8.15. The molecule has 3 rings (SSSR count). The second-order valence-electron chi connectivity index (χ2n) is 4.51. The van der Waals surface area contributed by atoms with Crippen LogP contribution in [0.25, 0.3) is 0 Å². The van der Waals surface area contributed by atoms with E-state index in [1.807, 2.05) is 6.07 Å². The van der Waals surface area contributed by atoms with E-state index >= 15 is 0 Å². The van der Waals surface area contributed by atoms with Crippen LogP contribution < -0.4 is 5.32 Å². The maximum atomic E-state index is 6.24. The number of hydrogen-bond acceptors (Lipinski definition) is 1. The summed E-state index contributed by atoms with van der Waals surface area (Å²) in [6, 6.07) is 6.29. The number of nitrogens with one attached hydrogen (secondary N) is 1. The van der Waals surface area contributed by atoms with E-state index in [0.717, 1.165) is 24.4 Å². The molecular weight excluding hydrogens is 194 g/mol. The molecule has 1 heterocycles. The molecule has 74 valence electrons.